The van der Waals surface area contributed by atoms with Crippen molar-refractivity contribution in [2.24, 2.45) is 0 Å². The Labute approximate surface area is 233 Å². The first kappa shape index (κ1) is 24.0. The molecule has 0 aliphatic carbocycles. The van der Waals surface area contributed by atoms with E-state index in [4.69, 9.17) is 11.6 Å². The number of carbonyl (C=O) groups excluding carboxylic acids is 2. The Balaban J connectivity index is 1.21. The Morgan fingerprint density at radius 3 is 2.21 bits per heavy atom. The second kappa shape index (κ2) is 9.00. The maximum absolute atomic E-state index is 13.7. The third kappa shape index (κ3) is 3.61. The van der Waals surface area contributed by atoms with Crippen molar-refractivity contribution in [3.8, 4) is 11.5 Å². The normalized spacial score (nSPS) is 16.2. The van der Waals surface area contributed by atoms with Gasteiger partial charge in [-0.2, -0.15) is 0 Å². The topological polar surface area (TPSA) is 81.1 Å². The number of halogens is 1. The lowest BCUT2D eigenvalue weighted by Gasteiger charge is -2.18. The van der Waals surface area contributed by atoms with Crippen LogP contribution in [-0.4, -0.2) is 41.0 Å². The van der Waals surface area contributed by atoms with Crippen molar-refractivity contribution >= 4 is 67.7 Å². The minimum absolute atomic E-state index is 0.0687. The number of phenolic OH excluding ortho intramolecular Hbond substituents is 2. The van der Waals surface area contributed by atoms with E-state index in [2.05, 4.69) is 0 Å². The third-order valence-corrected chi connectivity index (χ3v) is 9.16. The summed E-state index contributed by atoms with van der Waals surface area (Å²) in [4.78, 5) is 31.1. The number of phenols is 2. The summed E-state index contributed by atoms with van der Waals surface area (Å²) in [6.07, 6.45) is 0.694. The SMILES string of the molecule is O=C(c1csc(C(=O)N2CC(CCl)c3c2cc(O)c2ccccc32)c1)N1CCc2c1cc(O)c1ccccc21. The summed E-state index contributed by atoms with van der Waals surface area (Å²) in [5, 5.41) is 26.3. The lowest BCUT2D eigenvalue weighted by Crippen LogP contribution is -2.30. The molecule has 7 rings (SSSR count). The molecule has 39 heavy (non-hydrogen) atoms. The number of hydrogen-bond donors (Lipinski definition) is 2. The third-order valence-electron chi connectivity index (χ3n) is 7.87. The van der Waals surface area contributed by atoms with Gasteiger partial charge in [-0.05, 0) is 34.4 Å². The van der Waals surface area contributed by atoms with Crippen LogP contribution in [0.1, 0.15) is 37.1 Å². The molecule has 4 aromatic carbocycles. The van der Waals surface area contributed by atoms with Gasteiger partial charge < -0.3 is 20.0 Å². The zero-order valence-corrected chi connectivity index (χ0v) is 22.3. The molecule has 2 aliphatic rings. The highest BCUT2D eigenvalue weighted by Gasteiger charge is 2.36. The summed E-state index contributed by atoms with van der Waals surface area (Å²) in [7, 11) is 0. The smallest absolute Gasteiger partial charge is 0.268 e. The standard InChI is InChI=1S/C31H23ClN2O4S/c32-14-18-15-34(25-13-27(36)22-7-3-4-8-23(22)29(18)25)31(38)28-11-17(16-39-28)30(37)33-10-9-20-19-5-1-2-6-21(19)26(35)12-24(20)33/h1-8,11-13,16,18,35-36H,9-10,14-15H2. The van der Waals surface area contributed by atoms with Crippen molar-refractivity contribution in [1.82, 2.24) is 0 Å². The zero-order valence-electron chi connectivity index (χ0n) is 20.7. The quantitative estimate of drug-likeness (QED) is 0.245. The van der Waals surface area contributed by atoms with Crippen LogP contribution in [0.3, 0.4) is 0 Å². The molecule has 0 saturated carbocycles. The summed E-state index contributed by atoms with van der Waals surface area (Å²) in [5.41, 5.74) is 3.78. The van der Waals surface area contributed by atoms with Gasteiger partial charge in [0.1, 0.15) is 11.5 Å². The summed E-state index contributed by atoms with van der Waals surface area (Å²) >= 11 is 7.56. The average Bonchev–Trinajstić information content (AvgIpc) is 3.70. The molecule has 1 atom stereocenters. The molecular weight excluding hydrogens is 532 g/mol. The Morgan fingerprint density at radius 2 is 1.49 bits per heavy atom. The van der Waals surface area contributed by atoms with Gasteiger partial charge in [0.25, 0.3) is 11.8 Å². The predicted octanol–water partition coefficient (Wildman–Crippen LogP) is 6.65. The summed E-state index contributed by atoms with van der Waals surface area (Å²) in [6, 6.07) is 20.2. The van der Waals surface area contributed by atoms with Gasteiger partial charge in [-0.3, -0.25) is 9.59 Å². The maximum atomic E-state index is 13.7. The van der Waals surface area contributed by atoms with Crippen LogP contribution in [0.4, 0.5) is 11.4 Å². The van der Waals surface area contributed by atoms with E-state index >= 15 is 0 Å². The largest absolute Gasteiger partial charge is 0.507 e. The van der Waals surface area contributed by atoms with E-state index in [-0.39, 0.29) is 29.2 Å². The van der Waals surface area contributed by atoms with Crippen LogP contribution in [0, 0.1) is 0 Å². The van der Waals surface area contributed by atoms with Crippen LogP contribution in [0.2, 0.25) is 0 Å². The first-order valence-electron chi connectivity index (χ1n) is 12.7. The van der Waals surface area contributed by atoms with Crippen LogP contribution < -0.4 is 9.80 Å². The fourth-order valence-electron chi connectivity index (χ4n) is 6.05. The number of thiophene rings is 1. The second-order valence-corrected chi connectivity index (χ2v) is 11.2. The van der Waals surface area contributed by atoms with Crippen molar-refractivity contribution in [3.05, 3.63) is 93.7 Å². The predicted molar refractivity (Wildman–Crippen MR) is 156 cm³/mol. The summed E-state index contributed by atoms with van der Waals surface area (Å²) < 4.78 is 0. The summed E-state index contributed by atoms with van der Waals surface area (Å²) in [6.45, 7) is 0.905. The first-order chi connectivity index (χ1) is 19.0. The minimum atomic E-state index is -0.229. The number of fused-ring (bicyclic) bond motifs is 6. The molecule has 1 aromatic heterocycles. The van der Waals surface area contributed by atoms with E-state index in [0.29, 0.717) is 47.2 Å². The van der Waals surface area contributed by atoms with E-state index in [9.17, 15) is 19.8 Å². The number of aromatic hydroxyl groups is 2. The van der Waals surface area contributed by atoms with Crippen LogP contribution in [0.5, 0.6) is 11.5 Å². The molecule has 0 bridgehead atoms. The molecule has 5 aromatic rings. The number of hydrogen-bond acceptors (Lipinski definition) is 5. The molecule has 0 fully saturated rings. The van der Waals surface area contributed by atoms with Gasteiger partial charge in [-0.1, -0.05) is 48.5 Å². The van der Waals surface area contributed by atoms with Gasteiger partial charge in [-0.25, -0.2) is 0 Å². The van der Waals surface area contributed by atoms with Crippen LogP contribution >= 0.6 is 22.9 Å². The van der Waals surface area contributed by atoms with Gasteiger partial charge in [0, 0.05) is 53.2 Å². The lowest BCUT2D eigenvalue weighted by molar-refractivity contribution is 0.0988. The average molecular weight is 555 g/mol. The number of benzene rings is 4. The Kier molecular flexibility index (Phi) is 5.54. The van der Waals surface area contributed by atoms with Crippen LogP contribution in [-0.2, 0) is 6.42 Å². The molecule has 8 heteroatoms. The van der Waals surface area contributed by atoms with Crippen LogP contribution in [0.25, 0.3) is 21.5 Å². The highest BCUT2D eigenvalue weighted by Crippen LogP contribution is 2.46. The van der Waals surface area contributed by atoms with Crippen molar-refractivity contribution < 1.29 is 19.8 Å². The minimum Gasteiger partial charge on any atom is -0.507 e. The van der Waals surface area contributed by atoms with Crippen molar-refractivity contribution in [3.63, 3.8) is 0 Å². The highest BCUT2D eigenvalue weighted by atomic mass is 35.5. The van der Waals surface area contributed by atoms with Gasteiger partial charge in [0.2, 0.25) is 0 Å². The maximum Gasteiger partial charge on any atom is 0.268 e. The number of alkyl halides is 1. The van der Waals surface area contributed by atoms with Gasteiger partial charge >= 0.3 is 0 Å². The van der Waals surface area contributed by atoms with E-state index in [1.54, 1.807) is 33.4 Å². The molecule has 3 heterocycles. The molecule has 0 radical (unpaired) electrons. The second-order valence-electron chi connectivity index (χ2n) is 9.99. The summed E-state index contributed by atoms with van der Waals surface area (Å²) in [5.74, 6) is 0.0948. The fraction of sp³-hybridized carbons (Fsp3) is 0.161. The lowest BCUT2D eigenvalue weighted by atomic mass is 9.95. The molecular formula is C31H23ClN2O4S. The number of amides is 2. The molecule has 6 nitrogen and oxygen atoms in total. The van der Waals surface area contributed by atoms with Crippen molar-refractivity contribution in [2.75, 3.05) is 28.8 Å². The molecule has 2 N–H and O–H groups in total. The van der Waals surface area contributed by atoms with Gasteiger partial charge in [0.05, 0.1) is 21.8 Å². The number of nitrogens with zero attached hydrogens (tertiary/aromatic N) is 2. The van der Waals surface area contributed by atoms with Gasteiger partial charge in [-0.15, -0.1) is 22.9 Å². The highest BCUT2D eigenvalue weighted by molar-refractivity contribution is 7.12. The van der Waals surface area contributed by atoms with Gasteiger partial charge in [0.15, 0.2) is 0 Å². The number of carbonyl (C=O) groups is 2. The fourth-order valence-corrected chi connectivity index (χ4v) is 7.14. The van der Waals surface area contributed by atoms with E-state index < -0.39 is 0 Å². The first-order valence-corrected chi connectivity index (χ1v) is 14.1. The molecule has 2 aliphatic heterocycles. The number of anilines is 2. The van der Waals surface area contributed by atoms with Crippen molar-refractivity contribution in [2.45, 2.75) is 12.3 Å². The Morgan fingerprint density at radius 1 is 0.846 bits per heavy atom. The van der Waals surface area contributed by atoms with E-state index in [1.165, 1.54) is 11.3 Å². The van der Waals surface area contributed by atoms with E-state index in [0.717, 1.165) is 32.7 Å². The Hall–Kier alpha value is -4.07. The zero-order chi connectivity index (χ0) is 26.8. The molecule has 0 spiro atoms. The monoisotopic (exact) mass is 554 g/mol. The van der Waals surface area contributed by atoms with Crippen LogP contribution in [0.15, 0.2) is 72.1 Å². The number of rotatable bonds is 3. The molecule has 1 unspecified atom stereocenters. The van der Waals surface area contributed by atoms with Crippen molar-refractivity contribution in [1.29, 1.82) is 0 Å². The molecule has 194 valence electrons. The van der Waals surface area contributed by atoms with E-state index in [1.807, 2.05) is 48.5 Å². The molecule has 0 saturated heterocycles. The Bertz CT molecular complexity index is 1830. The molecule has 2 amide bonds.